The quantitative estimate of drug-likeness (QED) is 0.724. The number of nitrogens with one attached hydrogen (secondary N) is 1. The van der Waals surface area contributed by atoms with Crippen LogP contribution in [0.4, 0.5) is 5.13 Å². The Bertz CT molecular complexity index is 322. The Morgan fingerprint density at radius 1 is 1.29 bits per heavy atom. The summed E-state index contributed by atoms with van der Waals surface area (Å²) in [6.07, 6.45) is 4.86. The highest BCUT2D eigenvalue weighted by Crippen LogP contribution is 2.26. The van der Waals surface area contributed by atoms with Gasteiger partial charge in [-0.15, -0.1) is 11.3 Å². The Hall–Kier alpha value is -0.610. The number of rotatable bonds is 8. The molecular weight excluding hydrogens is 230 g/mol. The lowest BCUT2D eigenvalue weighted by Gasteiger charge is -2.14. The Kier molecular flexibility index (Phi) is 6.52. The van der Waals surface area contributed by atoms with Crippen LogP contribution in [0.25, 0.3) is 0 Å². The lowest BCUT2D eigenvalue weighted by molar-refractivity contribution is 0.703. The number of aromatic nitrogens is 1. The van der Waals surface area contributed by atoms with Gasteiger partial charge in [0.1, 0.15) is 0 Å². The van der Waals surface area contributed by atoms with E-state index in [1.165, 1.54) is 35.0 Å². The molecule has 0 saturated carbocycles. The van der Waals surface area contributed by atoms with Gasteiger partial charge in [0.15, 0.2) is 5.13 Å². The molecule has 98 valence electrons. The molecule has 1 heterocycles. The summed E-state index contributed by atoms with van der Waals surface area (Å²) >= 11 is 1.83. The summed E-state index contributed by atoms with van der Waals surface area (Å²) in [6, 6.07) is 0. The van der Waals surface area contributed by atoms with Crippen molar-refractivity contribution >= 4 is 16.5 Å². The van der Waals surface area contributed by atoms with Crippen LogP contribution in [0.15, 0.2) is 0 Å². The molecule has 1 aromatic rings. The Morgan fingerprint density at radius 3 is 2.65 bits per heavy atom. The number of hydrogen-bond donors (Lipinski definition) is 1. The van der Waals surface area contributed by atoms with E-state index in [-0.39, 0.29) is 0 Å². The van der Waals surface area contributed by atoms with E-state index in [9.17, 15) is 0 Å². The summed E-state index contributed by atoms with van der Waals surface area (Å²) in [6.45, 7) is 6.46. The van der Waals surface area contributed by atoms with Crippen LogP contribution in [0, 0.1) is 0 Å². The van der Waals surface area contributed by atoms with Crippen molar-refractivity contribution in [2.75, 3.05) is 25.5 Å². The van der Waals surface area contributed by atoms with Crippen molar-refractivity contribution in [3.63, 3.8) is 0 Å². The van der Waals surface area contributed by atoms with Crippen LogP contribution in [0.3, 0.4) is 0 Å². The zero-order valence-electron chi connectivity index (χ0n) is 11.5. The minimum Gasteiger partial charge on any atom is -0.351 e. The summed E-state index contributed by atoms with van der Waals surface area (Å²) in [4.78, 5) is 8.40. The van der Waals surface area contributed by atoms with E-state index in [0.29, 0.717) is 0 Å². The molecule has 0 spiro atoms. The monoisotopic (exact) mass is 255 g/mol. The Balaban J connectivity index is 2.63. The molecular formula is C13H25N3S. The van der Waals surface area contributed by atoms with E-state index in [4.69, 9.17) is 4.98 Å². The van der Waals surface area contributed by atoms with Gasteiger partial charge in [0.25, 0.3) is 0 Å². The van der Waals surface area contributed by atoms with Gasteiger partial charge in [0, 0.05) is 25.0 Å². The normalized spacial score (nSPS) is 10.8. The first-order valence-corrected chi connectivity index (χ1v) is 7.38. The first kappa shape index (κ1) is 14.5. The van der Waals surface area contributed by atoms with Crippen molar-refractivity contribution in [3.05, 3.63) is 10.6 Å². The van der Waals surface area contributed by atoms with Gasteiger partial charge in [-0.05, 0) is 19.9 Å². The van der Waals surface area contributed by atoms with Crippen molar-refractivity contribution in [2.24, 2.45) is 0 Å². The second kappa shape index (κ2) is 7.67. The topological polar surface area (TPSA) is 28.2 Å². The third-order valence-electron chi connectivity index (χ3n) is 2.86. The molecule has 1 aromatic heterocycles. The summed E-state index contributed by atoms with van der Waals surface area (Å²) in [5.41, 5.74) is 1.25. The van der Waals surface area contributed by atoms with Gasteiger partial charge in [-0.1, -0.05) is 26.7 Å². The molecule has 0 unspecified atom stereocenters. The molecule has 0 atom stereocenters. The van der Waals surface area contributed by atoms with Crippen LogP contribution in [-0.2, 0) is 13.0 Å². The molecule has 0 radical (unpaired) electrons. The molecule has 0 aliphatic rings. The molecule has 0 amide bonds. The van der Waals surface area contributed by atoms with E-state index >= 15 is 0 Å². The molecule has 0 aromatic carbocycles. The minimum absolute atomic E-state index is 0.934. The highest BCUT2D eigenvalue weighted by molar-refractivity contribution is 7.15. The van der Waals surface area contributed by atoms with Crippen LogP contribution >= 0.6 is 11.3 Å². The number of unbranched alkanes of at least 4 members (excludes halogenated alkanes) is 2. The molecule has 1 N–H and O–H groups in total. The zero-order valence-corrected chi connectivity index (χ0v) is 12.4. The fourth-order valence-electron chi connectivity index (χ4n) is 1.80. The summed E-state index contributed by atoms with van der Waals surface area (Å²) in [5, 5.41) is 4.38. The standard InChI is InChI=1S/C13H25N3S/c1-5-7-8-9-16(4)13-15-11(6-2)12(17-13)10-14-3/h14H,5-10H2,1-4H3. The van der Waals surface area contributed by atoms with E-state index in [1.54, 1.807) is 0 Å². The second-order valence-corrected chi connectivity index (χ2v) is 5.44. The van der Waals surface area contributed by atoms with Crippen molar-refractivity contribution in [3.8, 4) is 0 Å². The SMILES string of the molecule is CCCCCN(C)c1nc(CC)c(CNC)s1. The molecule has 0 saturated heterocycles. The number of nitrogens with zero attached hydrogens (tertiary/aromatic N) is 2. The third kappa shape index (κ3) is 4.28. The van der Waals surface area contributed by atoms with E-state index < -0.39 is 0 Å². The van der Waals surface area contributed by atoms with Gasteiger partial charge in [-0.25, -0.2) is 4.98 Å². The average molecular weight is 255 g/mol. The first-order valence-electron chi connectivity index (χ1n) is 6.57. The van der Waals surface area contributed by atoms with Crippen LogP contribution in [0.2, 0.25) is 0 Å². The number of anilines is 1. The third-order valence-corrected chi connectivity index (χ3v) is 4.07. The summed E-state index contributed by atoms with van der Waals surface area (Å²) in [5.74, 6) is 0. The van der Waals surface area contributed by atoms with E-state index in [1.807, 2.05) is 18.4 Å². The molecule has 0 aliphatic heterocycles. The van der Waals surface area contributed by atoms with Crippen LogP contribution in [-0.4, -0.2) is 25.6 Å². The summed E-state index contributed by atoms with van der Waals surface area (Å²) in [7, 11) is 4.14. The molecule has 0 aliphatic carbocycles. The lowest BCUT2D eigenvalue weighted by atomic mass is 10.2. The number of hydrogen-bond acceptors (Lipinski definition) is 4. The van der Waals surface area contributed by atoms with Gasteiger partial charge in [-0.2, -0.15) is 0 Å². The molecule has 17 heavy (non-hydrogen) atoms. The van der Waals surface area contributed by atoms with Crippen molar-refractivity contribution in [1.82, 2.24) is 10.3 Å². The Morgan fingerprint density at radius 2 is 2.06 bits per heavy atom. The number of aryl methyl sites for hydroxylation is 1. The minimum atomic E-state index is 0.934. The second-order valence-electron chi connectivity index (χ2n) is 4.38. The van der Waals surface area contributed by atoms with Gasteiger partial charge in [0.05, 0.1) is 5.69 Å². The predicted molar refractivity (Wildman–Crippen MR) is 77.1 cm³/mol. The fraction of sp³-hybridized carbons (Fsp3) is 0.769. The van der Waals surface area contributed by atoms with Crippen LogP contribution in [0.5, 0.6) is 0 Å². The largest absolute Gasteiger partial charge is 0.351 e. The van der Waals surface area contributed by atoms with Gasteiger partial charge >= 0.3 is 0 Å². The highest BCUT2D eigenvalue weighted by Gasteiger charge is 2.11. The first-order chi connectivity index (χ1) is 8.22. The predicted octanol–water partition coefficient (Wildman–Crippen LogP) is 3.05. The molecule has 3 nitrogen and oxygen atoms in total. The lowest BCUT2D eigenvalue weighted by Crippen LogP contribution is -2.18. The molecule has 0 fully saturated rings. The summed E-state index contributed by atoms with van der Waals surface area (Å²) < 4.78 is 0. The van der Waals surface area contributed by atoms with Crippen molar-refractivity contribution < 1.29 is 0 Å². The maximum atomic E-state index is 4.73. The van der Waals surface area contributed by atoms with Gasteiger partial charge in [0.2, 0.25) is 0 Å². The van der Waals surface area contributed by atoms with Crippen molar-refractivity contribution in [1.29, 1.82) is 0 Å². The Labute approximate surface area is 109 Å². The average Bonchev–Trinajstić information content (AvgIpc) is 2.73. The van der Waals surface area contributed by atoms with Gasteiger partial charge in [-0.3, -0.25) is 0 Å². The molecule has 1 rings (SSSR count). The molecule has 4 heteroatoms. The smallest absolute Gasteiger partial charge is 0.185 e. The maximum Gasteiger partial charge on any atom is 0.185 e. The zero-order chi connectivity index (χ0) is 12.7. The highest BCUT2D eigenvalue weighted by atomic mass is 32.1. The van der Waals surface area contributed by atoms with Crippen LogP contribution < -0.4 is 10.2 Å². The molecule has 0 bridgehead atoms. The van der Waals surface area contributed by atoms with Gasteiger partial charge < -0.3 is 10.2 Å². The van der Waals surface area contributed by atoms with Crippen molar-refractivity contribution in [2.45, 2.75) is 46.1 Å². The van der Waals surface area contributed by atoms with E-state index in [2.05, 4.69) is 31.1 Å². The van der Waals surface area contributed by atoms with E-state index in [0.717, 1.165) is 19.5 Å². The van der Waals surface area contributed by atoms with Crippen LogP contribution in [0.1, 0.15) is 43.7 Å². The number of thiazole rings is 1. The maximum absolute atomic E-state index is 4.73. The fourth-order valence-corrected chi connectivity index (χ4v) is 2.95.